The molecule has 2 aromatic rings. The highest BCUT2D eigenvalue weighted by Crippen LogP contribution is 2.21. The lowest BCUT2D eigenvalue weighted by atomic mass is 10.1. The van der Waals surface area contributed by atoms with Gasteiger partial charge in [0.15, 0.2) is 5.76 Å². The standard InChI is InChI=1S/C17H23NO2/c1-4-6-11-18(13(3)5-2)17(19)16-12-14-9-7-8-10-15(14)20-16/h7-10,12-13H,4-6,11H2,1-3H3. The third-order valence-corrected chi connectivity index (χ3v) is 3.77. The molecule has 1 unspecified atom stereocenters. The summed E-state index contributed by atoms with van der Waals surface area (Å²) in [5.41, 5.74) is 0.774. The third kappa shape index (κ3) is 3.03. The Balaban J connectivity index is 2.25. The molecule has 0 saturated heterocycles. The van der Waals surface area contributed by atoms with Gasteiger partial charge in [-0.3, -0.25) is 4.79 Å². The normalized spacial score (nSPS) is 12.6. The molecule has 0 N–H and O–H groups in total. The van der Waals surface area contributed by atoms with Crippen molar-refractivity contribution in [2.75, 3.05) is 6.54 Å². The second-order valence-corrected chi connectivity index (χ2v) is 5.26. The first-order valence-electron chi connectivity index (χ1n) is 7.46. The first-order chi connectivity index (χ1) is 9.67. The average molecular weight is 273 g/mol. The first kappa shape index (κ1) is 14.6. The number of fused-ring (bicyclic) bond motifs is 1. The number of hydrogen-bond donors (Lipinski definition) is 0. The van der Waals surface area contributed by atoms with Crippen LogP contribution in [0.2, 0.25) is 0 Å². The van der Waals surface area contributed by atoms with Crippen molar-refractivity contribution in [1.82, 2.24) is 4.90 Å². The molecule has 3 heteroatoms. The van der Waals surface area contributed by atoms with E-state index < -0.39 is 0 Å². The van der Waals surface area contributed by atoms with Crippen molar-refractivity contribution in [2.24, 2.45) is 0 Å². The van der Waals surface area contributed by atoms with Crippen LogP contribution in [0.3, 0.4) is 0 Å². The van der Waals surface area contributed by atoms with Gasteiger partial charge in [-0.15, -0.1) is 0 Å². The highest BCUT2D eigenvalue weighted by molar-refractivity contribution is 5.96. The molecule has 1 aromatic carbocycles. The van der Waals surface area contributed by atoms with Crippen LogP contribution in [0.25, 0.3) is 11.0 Å². The zero-order valence-electron chi connectivity index (χ0n) is 12.6. The summed E-state index contributed by atoms with van der Waals surface area (Å²) in [4.78, 5) is 14.6. The van der Waals surface area contributed by atoms with Gasteiger partial charge in [0.25, 0.3) is 5.91 Å². The third-order valence-electron chi connectivity index (χ3n) is 3.77. The lowest BCUT2D eigenvalue weighted by molar-refractivity contribution is 0.0655. The van der Waals surface area contributed by atoms with Gasteiger partial charge in [0.1, 0.15) is 5.58 Å². The second kappa shape index (κ2) is 6.60. The predicted molar refractivity (Wildman–Crippen MR) is 81.9 cm³/mol. The molecular weight excluding hydrogens is 250 g/mol. The van der Waals surface area contributed by atoms with Gasteiger partial charge in [-0.25, -0.2) is 0 Å². The van der Waals surface area contributed by atoms with E-state index in [4.69, 9.17) is 4.42 Å². The fourth-order valence-electron chi connectivity index (χ4n) is 2.30. The molecule has 0 aliphatic heterocycles. The SMILES string of the molecule is CCCCN(C(=O)c1cc2ccccc2o1)C(C)CC. The van der Waals surface area contributed by atoms with Crippen LogP contribution in [0, 0.1) is 0 Å². The minimum Gasteiger partial charge on any atom is -0.451 e. The Bertz CT molecular complexity index is 540. The summed E-state index contributed by atoms with van der Waals surface area (Å²) in [6.45, 7) is 7.13. The van der Waals surface area contributed by atoms with E-state index in [0.29, 0.717) is 5.76 Å². The first-order valence-corrected chi connectivity index (χ1v) is 7.46. The number of hydrogen-bond acceptors (Lipinski definition) is 2. The molecule has 1 atom stereocenters. The van der Waals surface area contributed by atoms with Gasteiger partial charge in [-0.05, 0) is 31.9 Å². The summed E-state index contributed by atoms with van der Waals surface area (Å²) in [7, 11) is 0. The van der Waals surface area contributed by atoms with E-state index in [9.17, 15) is 4.79 Å². The van der Waals surface area contributed by atoms with Gasteiger partial charge in [0, 0.05) is 18.0 Å². The number of unbranched alkanes of at least 4 members (excludes halogenated alkanes) is 1. The van der Waals surface area contributed by atoms with Gasteiger partial charge >= 0.3 is 0 Å². The zero-order chi connectivity index (χ0) is 14.5. The molecular formula is C17H23NO2. The number of para-hydroxylation sites is 1. The second-order valence-electron chi connectivity index (χ2n) is 5.26. The molecule has 20 heavy (non-hydrogen) atoms. The number of furan rings is 1. The van der Waals surface area contributed by atoms with Crippen molar-refractivity contribution in [3.63, 3.8) is 0 Å². The summed E-state index contributed by atoms with van der Waals surface area (Å²) in [6.07, 6.45) is 3.06. The van der Waals surface area contributed by atoms with E-state index in [-0.39, 0.29) is 11.9 Å². The van der Waals surface area contributed by atoms with Crippen molar-refractivity contribution in [2.45, 2.75) is 46.1 Å². The molecule has 0 aliphatic carbocycles. The molecule has 0 aliphatic rings. The van der Waals surface area contributed by atoms with E-state index in [1.54, 1.807) is 0 Å². The zero-order valence-corrected chi connectivity index (χ0v) is 12.6. The summed E-state index contributed by atoms with van der Waals surface area (Å²) in [6, 6.07) is 9.82. The van der Waals surface area contributed by atoms with Crippen molar-refractivity contribution in [3.8, 4) is 0 Å². The van der Waals surface area contributed by atoms with Crippen molar-refractivity contribution < 1.29 is 9.21 Å². The number of amides is 1. The van der Waals surface area contributed by atoms with E-state index in [1.807, 2.05) is 35.2 Å². The van der Waals surface area contributed by atoms with Crippen molar-refractivity contribution in [1.29, 1.82) is 0 Å². The van der Waals surface area contributed by atoms with Crippen LogP contribution >= 0.6 is 0 Å². The Kier molecular flexibility index (Phi) is 4.83. The molecule has 0 bridgehead atoms. The monoisotopic (exact) mass is 273 g/mol. The van der Waals surface area contributed by atoms with Crippen LogP contribution in [-0.2, 0) is 0 Å². The molecule has 0 radical (unpaired) electrons. The molecule has 1 aromatic heterocycles. The fourth-order valence-corrected chi connectivity index (χ4v) is 2.30. The van der Waals surface area contributed by atoms with Crippen molar-refractivity contribution in [3.05, 3.63) is 36.1 Å². The van der Waals surface area contributed by atoms with Crippen LogP contribution in [0.15, 0.2) is 34.7 Å². The average Bonchev–Trinajstić information content (AvgIpc) is 2.90. The lowest BCUT2D eigenvalue weighted by Gasteiger charge is -2.27. The maximum absolute atomic E-state index is 12.7. The predicted octanol–water partition coefficient (Wildman–Crippen LogP) is 4.47. The van der Waals surface area contributed by atoms with Gasteiger partial charge in [0.05, 0.1) is 0 Å². The summed E-state index contributed by atoms with van der Waals surface area (Å²) < 4.78 is 5.69. The quantitative estimate of drug-likeness (QED) is 0.777. The Labute approximate surface area is 120 Å². The molecule has 0 saturated carbocycles. The number of carbonyl (C=O) groups is 1. The van der Waals surface area contributed by atoms with Gasteiger partial charge in [0.2, 0.25) is 0 Å². The molecule has 2 rings (SSSR count). The highest BCUT2D eigenvalue weighted by Gasteiger charge is 2.22. The molecule has 1 heterocycles. The summed E-state index contributed by atoms with van der Waals surface area (Å²) in [5.74, 6) is 0.451. The van der Waals surface area contributed by atoms with E-state index in [1.165, 1.54) is 0 Å². The fraction of sp³-hybridized carbons (Fsp3) is 0.471. The van der Waals surface area contributed by atoms with E-state index in [2.05, 4.69) is 20.8 Å². The highest BCUT2D eigenvalue weighted by atomic mass is 16.3. The molecule has 0 fully saturated rings. The number of carbonyl (C=O) groups excluding carboxylic acids is 1. The van der Waals surface area contributed by atoms with Gasteiger partial charge in [-0.2, -0.15) is 0 Å². The Hall–Kier alpha value is -1.77. The largest absolute Gasteiger partial charge is 0.451 e. The van der Waals surface area contributed by atoms with Crippen LogP contribution in [-0.4, -0.2) is 23.4 Å². The topological polar surface area (TPSA) is 33.5 Å². The summed E-state index contributed by atoms with van der Waals surface area (Å²) >= 11 is 0. The molecule has 0 spiro atoms. The maximum atomic E-state index is 12.7. The van der Waals surface area contributed by atoms with Crippen LogP contribution < -0.4 is 0 Å². The van der Waals surface area contributed by atoms with Crippen LogP contribution in [0.4, 0.5) is 0 Å². The molecule has 3 nitrogen and oxygen atoms in total. The smallest absolute Gasteiger partial charge is 0.289 e. The van der Waals surface area contributed by atoms with E-state index >= 15 is 0 Å². The van der Waals surface area contributed by atoms with E-state index in [0.717, 1.165) is 36.8 Å². The van der Waals surface area contributed by atoms with Crippen LogP contribution in [0.5, 0.6) is 0 Å². The van der Waals surface area contributed by atoms with Crippen molar-refractivity contribution >= 4 is 16.9 Å². The van der Waals surface area contributed by atoms with Gasteiger partial charge < -0.3 is 9.32 Å². The Morgan fingerprint density at radius 2 is 2.05 bits per heavy atom. The number of rotatable bonds is 6. The Morgan fingerprint density at radius 3 is 2.70 bits per heavy atom. The number of benzene rings is 1. The van der Waals surface area contributed by atoms with Gasteiger partial charge in [-0.1, -0.05) is 38.5 Å². The molecule has 108 valence electrons. The molecule has 1 amide bonds. The summed E-state index contributed by atoms with van der Waals surface area (Å²) in [5, 5.41) is 0.982. The van der Waals surface area contributed by atoms with Crippen LogP contribution in [0.1, 0.15) is 50.6 Å². The Morgan fingerprint density at radius 1 is 1.30 bits per heavy atom. The lowest BCUT2D eigenvalue weighted by Crippen LogP contribution is -2.38. The maximum Gasteiger partial charge on any atom is 0.289 e. The minimum absolute atomic E-state index is 0.00370. The minimum atomic E-state index is 0.00370. The number of nitrogens with zero attached hydrogens (tertiary/aromatic N) is 1.